The molecular weight excluding hydrogens is 620 g/mol. The topological polar surface area (TPSA) is 182 Å². The first-order valence-electron chi connectivity index (χ1n) is 15.2. The highest BCUT2D eigenvalue weighted by Crippen LogP contribution is 2.37. The monoisotopic (exact) mass is 660 g/mol. The molecule has 256 valence electrons. The molecule has 2 aliphatic rings. The summed E-state index contributed by atoms with van der Waals surface area (Å²) in [6.45, 7) is 1.52. The van der Waals surface area contributed by atoms with Crippen molar-refractivity contribution in [2.75, 3.05) is 54.6 Å². The van der Waals surface area contributed by atoms with E-state index in [9.17, 15) is 29.8 Å². The Balaban J connectivity index is 1.20. The van der Waals surface area contributed by atoms with Crippen LogP contribution < -0.4 is 18.9 Å². The van der Waals surface area contributed by atoms with Gasteiger partial charge in [0, 0.05) is 26.2 Å². The van der Waals surface area contributed by atoms with Crippen LogP contribution in [0.2, 0.25) is 0 Å². The average Bonchev–Trinajstić information content (AvgIpc) is 3.09. The van der Waals surface area contributed by atoms with Crippen LogP contribution in [0.3, 0.4) is 0 Å². The summed E-state index contributed by atoms with van der Waals surface area (Å²) >= 11 is 0. The Morgan fingerprint density at radius 3 is 1.26 bits per heavy atom. The summed E-state index contributed by atoms with van der Waals surface area (Å²) in [6.07, 6.45) is 3.13. The quantitative estimate of drug-likeness (QED) is 0.211. The van der Waals surface area contributed by atoms with Crippen LogP contribution in [0.15, 0.2) is 24.3 Å². The number of piperidine rings is 2. The van der Waals surface area contributed by atoms with Crippen molar-refractivity contribution in [3.05, 3.63) is 55.6 Å². The van der Waals surface area contributed by atoms with Crippen molar-refractivity contribution >= 4 is 23.6 Å². The lowest BCUT2D eigenvalue weighted by molar-refractivity contribution is -0.386. The van der Waals surface area contributed by atoms with Gasteiger partial charge < -0.3 is 38.2 Å². The predicted molar refractivity (Wildman–Crippen MR) is 166 cm³/mol. The Hall–Kier alpha value is -5.02. The first-order valence-corrected chi connectivity index (χ1v) is 15.2. The van der Waals surface area contributed by atoms with E-state index in [0.717, 1.165) is 32.1 Å². The molecule has 2 fully saturated rings. The lowest BCUT2D eigenvalue weighted by Gasteiger charge is -2.36. The molecule has 0 saturated carbocycles. The number of likely N-dealkylation sites (tertiary alicyclic amines) is 2. The van der Waals surface area contributed by atoms with Gasteiger partial charge in [-0.25, -0.2) is 9.59 Å². The Bertz CT molecular complexity index is 1340. The molecule has 16 nitrogen and oxygen atoms in total. The van der Waals surface area contributed by atoms with Gasteiger partial charge in [-0.3, -0.25) is 20.2 Å². The van der Waals surface area contributed by atoms with Gasteiger partial charge in [0.05, 0.1) is 61.5 Å². The summed E-state index contributed by atoms with van der Waals surface area (Å²) < 4.78 is 31.6. The maximum Gasteiger partial charge on any atom is 0.410 e. The molecule has 2 aliphatic heterocycles. The number of ether oxygens (including phenoxy) is 6. The van der Waals surface area contributed by atoms with E-state index in [2.05, 4.69) is 0 Å². The highest BCUT2D eigenvalue weighted by Gasteiger charge is 2.30. The molecule has 0 spiro atoms. The second kappa shape index (κ2) is 16.0. The number of nitro benzene ring substituents is 2. The Kier molecular flexibility index (Phi) is 11.9. The van der Waals surface area contributed by atoms with E-state index >= 15 is 0 Å². The van der Waals surface area contributed by atoms with Crippen LogP contribution in [0.1, 0.15) is 43.2 Å². The van der Waals surface area contributed by atoms with Crippen molar-refractivity contribution in [3.63, 3.8) is 0 Å². The minimum atomic E-state index is -0.557. The van der Waals surface area contributed by atoms with Crippen LogP contribution in [0.5, 0.6) is 23.0 Å². The van der Waals surface area contributed by atoms with E-state index < -0.39 is 22.0 Å². The number of hydrogen-bond donors (Lipinski definition) is 0. The van der Waals surface area contributed by atoms with Crippen molar-refractivity contribution in [3.8, 4) is 23.0 Å². The third-order valence-corrected chi connectivity index (χ3v) is 8.68. The van der Waals surface area contributed by atoms with Gasteiger partial charge in [-0.05, 0) is 56.1 Å². The molecule has 2 aromatic carbocycles. The standard InChI is InChI=1S/C31H40N4O12/c1-42-26-14-22(24(34(38)39)16-28(26)44-3)18-46-30(36)32-9-5-20(6-10-32)13-21-7-11-33(12-8-21)31(37)47-19-23-15-27(43-2)29(45-4)17-25(23)35(40)41/h14-17,20-21H,5-13,18-19H2,1-4H3. The van der Waals surface area contributed by atoms with Crippen LogP contribution in [-0.2, 0) is 22.7 Å². The summed E-state index contributed by atoms with van der Waals surface area (Å²) in [6, 6.07) is 5.36. The Labute approximate surface area is 271 Å². The zero-order chi connectivity index (χ0) is 34.1. The second-order valence-corrected chi connectivity index (χ2v) is 11.4. The van der Waals surface area contributed by atoms with Crippen molar-refractivity contribution in [2.24, 2.45) is 11.8 Å². The summed E-state index contributed by atoms with van der Waals surface area (Å²) in [7, 11) is 5.60. The Morgan fingerprint density at radius 2 is 0.957 bits per heavy atom. The number of amides is 2. The van der Waals surface area contributed by atoms with Gasteiger partial charge in [-0.15, -0.1) is 0 Å². The molecule has 0 bridgehead atoms. The minimum absolute atomic E-state index is 0.202. The zero-order valence-corrected chi connectivity index (χ0v) is 26.9. The molecule has 0 radical (unpaired) electrons. The maximum atomic E-state index is 12.8. The molecule has 0 unspecified atom stereocenters. The summed E-state index contributed by atoms with van der Waals surface area (Å²) in [5.41, 5.74) is -0.0486. The van der Waals surface area contributed by atoms with Crippen LogP contribution in [0.4, 0.5) is 21.0 Å². The molecule has 4 rings (SSSR count). The van der Waals surface area contributed by atoms with E-state index in [0.29, 0.717) is 49.5 Å². The molecular formula is C31H40N4O12. The highest BCUT2D eigenvalue weighted by molar-refractivity contribution is 5.68. The lowest BCUT2D eigenvalue weighted by atomic mass is 9.83. The van der Waals surface area contributed by atoms with E-state index in [1.165, 1.54) is 52.7 Å². The van der Waals surface area contributed by atoms with Gasteiger partial charge in [-0.1, -0.05) is 0 Å². The maximum absolute atomic E-state index is 12.8. The molecule has 2 amide bonds. The second-order valence-electron chi connectivity index (χ2n) is 11.4. The minimum Gasteiger partial charge on any atom is -0.493 e. The Morgan fingerprint density at radius 1 is 0.638 bits per heavy atom. The summed E-state index contributed by atoms with van der Waals surface area (Å²) in [5.74, 6) is 1.85. The number of benzene rings is 2. The summed E-state index contributed by atoms with van der Waals surface area (Å²) in [5, 5.41) is 23.1. The molecule has 0 aromatic heterocycles. The number of hydrogen-bond acceptors (Lipinski definition) is 12. The van der Waals surface area contributed by atoms with Gasteiger partial charge in [-0.2, -0.15) is 0 Å². The number of carbonyl (C=O) groups excluding carboxylic acids is 2. The molecule has 2 saturated heterocycles. The number of methoxy groups -OCH3 is 4. The van der Waals surface area contributed by atoms with Gasteiger partial charge in [0.15, 0.2) is 23.0 Å². The van der Waals surface area contributed by atoms with Crippen molar-refractivity contribution in [1.29, 1.82) is 0 Å². The molecule has 2 aromatic rings. The molecule has 0 N–H and O–H groups in total. The average molecular weight is 661 g/mol. The largest absolute Gasteiger partial charge is 0.493 e. The first kappa shape index (κ1) is 34.8. The normalized spacial score (nSPS) is 15.5. The fraction of sp³-hybridized carbons (Fsp3) is 0.548. The third-order valence-electron chi connectivity index (χ3n) is 8.68. The zero-order valence-electron chi connectivity index (χ0n) is 26.9. The van der Waals surface area contributed by atoms with Gasteiger partial charge >= 0.3 is 12.2 Å². The smallest absolute Gasteiger partial charge is 0.410 e. The third kappa shape index (κ3) is 8.62. The fourth-order valence-electron chi connectivity index (χ4n) is 6.03. The van der Waals surface area contributed by atoms with Gasteiger partial charge in [0.25, 0.3) is 11.4 Å². The van der Waals surface area contributed by atoms with Crippen molar-refractivity contribution in [2.45, 2.75) is 45.3 Å². The van der Waals surface area contributed by atoms with Crippen LogP contribution in [0, 0.1) is 32.1 Å². The number of nitro groups is 2. The first-order chi connectivity index (χ1) is 22.6. The number of nitrogens with zero attached hydrogens (tertiary/aromatic N) is 4. The van der Waals surface area contributed by atoms with E-state index in [-0.39, 0.29) is 47.2 Å². The van der Waals surface area contributed by atoms with E-state index in [4.69, 9.17) is 28.4 Å². The van der Waals surface area contributed by atoms with Crippen LogP contribution in [-0.4, -0.2) is 86.5 Å². The lowest BCUT2D eigenvalue weighted by Crippen LogP contribution is -2.41. The predicted octanol–water partition coefficient (Wildman–Crippen LogP) is 5.32. The van der Waals surface area contributed by atoms with Crippen molar-refractivity contribution < 1.29 is 47.9 Å². The fourth-order valence-corrected chi connectivity index (χ4v) is 6.03. The molecule has 16 heteroatoms. The van der Waals surface area contributed by atoms with Gasteiger partial charge in [0.2, 0.25) is 0 Å². The number of rotatable bonds is 12. The molecule has 0 atom stereocenters. The van der Waals surface area contributed by atoms with E-state index in [1.807, 2.05) is 0 Å². The molecule has 0 aliphatic carbocycles. The highest BCUT2D eigenvalue weighted by atomic mass is 16.6. The van der Waals surface area contributed by atoms with Gasteiger partial charge in [0.1, 0.15) is 13.2 Å². The summed E-state index contributed by atoms with van der Waals surface area (Å²) in [4.78, 5) is 50.7. The molecule has 2 heterocycles. The van der Waals surface area contributed by atoms with Crippen LogP contribution >= 0.6 is 0 Å². The molecule has 47 heavy (non-hydrogen) atoms. The number of carbonyl (C=O) groups is 2. The van der Waals surface area contributed by atoms with E-state index in [1.54, 1.807) is 9.80 Å². The van der Waals surface area contributed by atoms with Crippen LogP contribution in [0.25, 0.3) is 0 Å². The van der Waals surface area contributed by atoms with Crippen molar-refractivity contribution in [1.82, 2.24) is 9.80 Å². The SMILES string of the molecule is COc1cc(COC(=O)N2CCC(CC3CCN(C(=O)OCc4cc(OC)c(OC)cc4[N+](=O)[O-])CC3)CC2)c([N+](=O)[O-])cc1OC.